The van der Waals surface area contributed by atoms with E-state index < -0.39 is 6.09 Å². The third kappa shape index (κ3) is 5.35. The number of rotatable bonds is 7. The molecule has 0 fully saturated rings. The molecule has 2 aromatic rings. The summed E-state index contributed by atoms with van der Waals surface area (Å²) in [6, 6.07) is 11.2. The molecular formula is C21H23Cl2N4O2S+. The van der Waals surface area contributed by atoms with Crippen molar-refractivity contribution < 1.29 is 14.0 Å². The van der Waals surface area contributed by atoms with Crippen molar-refractivity contribution in [2.45, 2.75) is 25.3 Å². The molecule has 0 saturated carbocycles. The van der Waals surface area contributed by atoms with Crippen molar-refractivity contribution in [2.75, 3.05) is 13.8 Å². The van der Waals surface area contributed by atoms with Crippen LogP contribution >= 0.6 is 35.0 Å². The predicted molar refractivity (Wildman–Crippen MR) is 121 cm³/mol. The molecule has 3 rings (SSSR count). The fourth-order valence-corrected chi connectivity index (χ4v) is 5.01. The molecule has 158 valence electrons. The number of aromatic nitrogens is 1. The van der Waals surface area contributed by atoms with E-state index >= 15 is 0 Å². The molecule has 1 atom stereocenters. The zero-order chi connectivity index (χ0) is 21.7. The first-order valence-corrected chi connectivity index (χ1v) is 11.0. The molecule has 1 amide bonds. The number of carbonyl (C=O) groups excluding carboxylic acids is 1. The molecular weight excluding hydrogens is 443 g/mol. The number of ether oxygens (including phenoxy) is 1. The maximum absolute atomic E-state index is 11.9. The summed E-state index contributed by atoms with van der Waals surface area (Å²) in [5.74, 6) is 0.169. The maximum Gasteiger partial charge on any atom is 0.411 e. The number of quaternary nitrogens is 1. The molecule has 6 nitrogen and oxygen atoms in total. The Kier molecular flexibility index (Phi) is 7.41. The quantitative estimate of drug-likeness (QED) is 0.534. The molecule has 2 heterocycles. The van der Waals surface area contributed by atoms with Gasteiger partial charge in [0.05, 0.1) is 5.69 Å². The highest BCUT2D eigenvalue weighted by molar-refractivity contribution is 8.02. The number of halogens is 2. The van der Waals surface area contributed by atoms with Crippen molar-refractivity contribution in [3.8, 4) is 0 Å². The number of hydrogen-bond donors (Lipinski definition) is 1. The monoisotopic (exact) mass is 465 g/mol. The normalized spacial score (nSPS) is 18.2. The van der Waals surface area contributed by atoms with Gasteiger partial charge >= 0.3 is 6.09 Å². The molecule has 1 aromatic carbocycles. The van der Waals surface area contributed by atoms with Gasteiger partial charge in [-0.2, -0.15) is 0 Å². The molecule has 1 aliphatic heterocycles. The average Bonchev–Trinajstić information content (AvgIpc) is 3.04. The van der Waals surface area contributed by atoms with Crippen LogP contribution in [0.4, 0.5) is 4.79 Å². The summed E-state index contributed by atoms with van der Waals surface area (Å²) in [7, 11) is 1.53. The Morgan fingerprint density at radius 1 is 1.23 bits per heavy atom. The lowest BCUT2D eigenvalue weighted by Crippen LogP contribution is -2.46. The summed E-state index contributed by atoms with van der Waals surface area (Å²) in [5.41, 5.74) is 1.78. The molecule has 1 aliphatic rings. The van der Waals surface area contributed by atoms with Gasteiger partial charge in [-0.15, -0.1) is 0 Å². The van der Waals surface area contributed by atoms with E-state index in [-0.39, 0.29) is 17.1 Å². The van der Waals surface area contributed by atoms with Gasteiger partial charge in [0.25, 0.3) is 0 Å². The van der Waals surface area contributed by atoms with Crippen molar-refractivity contribution in [1.82, 2.24) is 10.3 Å². The number of alkyl carbamates (subject to hydrolysis) is 1. The fourth-order valence-electron chi connectivity index (χ4n) is 3.02. The van der Waals surface area contributed by atoms with Gasteiger partial charge in [0.1, 0.15) is 12.2 Å². The first kappa shape index (κ1) is 22.6. The summed E-state index contributed by atoms with van der Waals surface area (Å²) in [6.07, 6.45) is 3.06. The van der Waals surface area contributed by atoms with E-state index in [0.717, 1.165) is 21.3 Å². The van der Waals surface area contributed by atoms with Crippen LogP contribution < -0.4 is 5.32 Å². The van der Waals surface area contributed by atoms with E-state index in [2.05, 4.69) is 24.1 Å². The van der Waals surface area contributed by atoms with Gasteiger partial charge in [-0.1, -0.05) is 43.1 Å². The van der Waals surface area contributed by atoms with Crippen LogP contribution in [0, 0.1) is 5.92 Å². The molecule has 0 aliphatic carbocycles. The first-order chi connectivity index (χ1) is 14.3. The Labute approximate surface area is 190 Å². The number of thioether (sulfide) groups is 1. The van der Waals surface area contributed by atoms with E-state index in [1.54, 1.807) is 12.3 Å². The number of pyridine rings is 1. The van der Waals surface area contributed by atoms with E-state index in [1.165, 1.54) is 18.8 Å². The number of nitrogens with zero attached hydrogens (tertiary/aromatic N) is 3. The minimum Gasteiger partial charge on any atom is -0.398 e. The second-order valence-corrected chi connectivity index (χ2v) is 9.06. The molecule has 0 bridgehead atoms. The van der Waals surface area contributed by atoms with Crippen LogP contribution in [0.15, 0.2) is 63.2 Å². The molecule has 9 heteroatoms. The lowest BCUT2D eigenvalue weighted by Gasteiger charge is -2.31. The minimum atomic E-state index is -0.505. The molecule has 0 spiro atoms. The van der Waals surface area contributed by atoms with Gasteiger partial charge in [-0.25, -0.2) is 14.3 Å². The zero-order valence-corrected chi connectivity index (χ0v) is 19.3. The lowest BCUT2D eigenvalue weighted by molar-refractivity contribution is -0.820. The van der Waals surface area contributed by atoms with Crippen molar-refractivity contribution >= 4 is 47.4 Å². The van der Waals surface area contributed by atoms with Crippen molar-refractivity contribution in [3.05, 3.63) is 69.1 Å². The summed E-state index contributed by atoms with van der Waals surface area (Å²) >= 11 is 14.0. The number of allylic oxidation sites excluding steroid dienone is 1. The van der Waals surface area contributed by atoms with Crippen molar-refractivity contribution in [3.63, 3.8) is 0 Å². The third-order valence-corrected chi connectivity index (χ3v) is 6.11. The van der Waals surface area contributed by atoms with Gasteiger partial charge < -0.3 is 10.1 Å². The largest absolute Gasteiger partial charge is 0.411 e. The summed E-state index contributed by atoms with van der Waals surface area (Å²) < 4.78 is 5.70. The Bertz CT molecular complexity index is 962. The first-order valence-electron chi connectivity index (χ1n) is 9.38. The number of nitrogens with one attached hydrogen (secondary N) is 1. The average molecular weight is 466 g/mol. The standard InChI is InChI=1S/C21H22Cl2N4O2S/c1-14(2)19-20(30-18-9-15(22)8-16(23)10-18)27(12-26-19,13-29-21(28)24-3)11-17-6-4-5-7-25-17/h4-10,12,14H,11,13H2,1-3H3/p+1. The number of amides is 1. The highest BCUT2D eigenvalue weighted by Gasteiger charge is 2.42. The summed E-state index contributed by atoms with van der Waals surface area (Å²) in [6.45, 7) is 4.72. The zero-order valence-electron chi connectivity index (χ0n) is 16.9. The molecule has 0 radical (unpaired) electrons. The van der Waals surface area contributed by atoms with Crippen LogP contribution in [0.5, 0.6) is 0 Å². The van der Waals surface area contributed by atoms with Gasteiger partial charge in [-0.3, -0.25) is 4.98 Å². The van der Waals surface area contributed by atoms with Gasteiger partial charge in [0, 0.05) is 34.1 Å². The minimum absolute atomic E-state index is 0.0760. The Balaban J connectivity index is 2.04. The lowest BCUT2D eigenvalue weighted by atomic mass is 10.1. The van der Waals surface area contributed by atoms with Crippen LogP contribution in [0.25, 0.3) is 0 Å². The van der Waals surface area contributed by atoms with Crippen LogP contribution in [-0.4, -0.2) is 35.7 Å². The summed E-state index contributed by atoms with van der Waals surface area (Å²) in [4.78, 5) is 21.9. The number of hydrogen-bond acceptors (Lipinski definition) is 5. The van der Waals surface area contributed by atoms with Gasteiger partial charge in [0.15, 0.2) is 6.34 Å². The molecule has 30 heavy (non-hydrogen) atoms. The van der Waals surface area contributed by atoms with E-state index in [4.69, 9.17) is 32.9 Å². The Hall–Kier alpha value is -2.06. The summed E-state index contributed by atoms with van der Waals surface area (Å²) in [5, 5.41) is 4.55. The third-order valence-electron chi connectivity index (χ3n) is 4.44. The van der Waals surface area contributed by atoms with Crippen LogP contribution in [0.2, 0.25) is 10.0 Å². The molecule has 1 N–H and O–H groups in total. The van der Waals surface area contributed by atoms with Gasteiger partial charge in [0.2, 0.25) is 11.8 Å². The van der Waals surface area contributed by atoms with Crippen LogP contribution in [0.1, 0.15) is 19.5 Å². The second kappa shape index (κ2) is 9.83. The Morgan fingerprint density at radius 3 is 2.57 bits per heavy atom. The van der Waals surface area contributed by atoms with E-state index in [9.17, 15) is 4.79 Å². The smallest absolute Gasteiger partial charge is 0.398 e. The number of carbonyl (C=O) groups is 1. The topological polar surface area (TPSA) is 63.6 Å². The van der Waals surface area contributed by atoms with Crippen molar-refractivity contribution in [1.29, 1.82) is 0 Å². The van der Waals surface area contributed by atoms with Crippen LogP contribution in [-0.2, 0) is 11.3 Å². The number of benzene rings is 1. The molecule has 1 aromatic heterocycles. The molecule has 1 unspecified atom stereocenters. The molecule has 0 saturated heterocycles. The predicted octanol–water partition coefficient (Wildman–Crippen LogP) is 5.68. The second-order valence-electron chi connectivity index (χ2n) is 7.12. The fraction of sp³-hybridized carbons (Fsp3) is 0.286. The maximum atomic E-state index is 11.9. The van der Waals surface area contributed by atoms with Gasteiger partial charge in [-0.05, 0) is 42.1 Å². The SMILES string of the molecule is CNC(=O)OC[N+]1(Cc2ccccn2)C=NC(C(C)C)=C1Sc1cc(Cl)cc(Cl)c1. The Morgan fingerprint density at radius 2 is 1.97 bits per heavy atom. The highest BCUT2D eigenvalue weighted by Crippen LogP contribution is 2.43. The van der Waals surface area contributed by atoms with Crippen LogP contribution in [0.3, 0.4) is 0 Å². The van der Waals surface area contributed by atoms with E-state index in [1.807, 2.05) is 36.7 Å². The van der Waals surface area contributed by atoms with E-state index in [0.29, 0.717) is 16.6 Å². The number of aliphatic imine (C=N–C) groups is 1. The highest BCUT2D eigenvalue weighted by atomic mass is 35.5. The van der Waals surface area contributed by atoms with Crippen molar-refractivity contribution in [2.24, 2.45) is 10.9 Å².